The van der Waals surface area contributed by atoms with Crippen molar-refractivity contribution in [3.05, 3.63) is 35.9 Å². The average molecular weight is 321 g/mol. The van der Waals surface area contributed by atoms with Gasteiger partial charge in [0.1, 0.15) is 12.4 Å². The summed E-state index contributed by atoms with van der Waals surface area (Å²) in [5, 5.41) is 1.11. The maximum Gasteiger partial charge on any atom is 0.191 e. The topological polar surface area (TPSA) is 40.0 Å². The molecular weight excluding hydrogens is 298 g/mol. The van der Waals surface area contributed by atoms with Gasteiger partial charge < -0.3 is 14.2 Å². The highest BCUT2D eigenvalue weighted by Gasteiger charge is 2.08. The Labute approximate surface area is 136 Å². The van der Waals surface area contributed by atoms with E-state index in [9.17, 15) is 0 Å². The molecule has 1 aliphatic heterocycles. The fraction of sp³-hybridized carbons (Fsp3) is 0.471. The van der Waals surface area contributed by atoms with Gasteiger partial charge in [0.15, 0.2) is 6.29 Å². The van der Waals surface area contributed by atoms with Crippen LogP contribution >= 0.6 is 11.8 Å². The van der Waals surface area contributed by atoms with E-state index in [1.807, 2.05) is 38.1 Å². The van der Waals surface area contributed by atoms with Crippen LogP contribution in [-0.2, 0) is 9.47 Å². The van der Waals surface area contributed by atoms with Crippen LogP contribution in [0.1, 0.15) is 19.4 Å². The lowest BCUT2D eigenvalue weighted by Crippen LogP contribution is -2.25. The summed E-state index contributed by atoms with van der Waals surface area (Å²) in [7, 11) is 0. The summed E-state index contributed by atoms with van der Waals surface area (Å²) >= 11 is 1.80. The maximum absolute atomic E-state index is 5.70. The molecule has 1 aromatic carbocycles. The largest absolute Gasteiger partial charge is 0.488 e. The SMILES string of the molecule is CCOC(COc1ccc(C=CC2=NCCS2)cc1)OCC. The zero-order valence-electron chi connectivity index (χ0n) is 13.2. The highest BCUT2D eigenvalue weighted by molar-refractivity contribution is 8.14. The molecule has 0 bridgehead atoms. The van der Waals surface area contributed by atoms with Crippen LogP contribution in [0.15, 0.2) is 35.3 Å². The van der Waals surface area contributed by atoms with Gasteiger partial charge in [-0.2, -0.15) is 0 Å². The zero-order valence-corrected chi connectivity index (χ0v) is 14.0. The van der Waals surface area contributed by atoms with E-state index < -0.39 is 0 Å². The second-order valence-electron chi connectivity index (χ2n) is 4.62. The quantitative estimate of drug-likeness (QED) is 0.651. The number of rotatable bonds is 9. The van der Waals surface area contributed by atoms with Gasteiger partial charge in [0.2, 0.25) is 0 Å². The lowest BCUT2D eigenvalue weighted by atomic mass is 10.2. The minimum atomic E-state index is -0.313. The normalized spacial score (nSPS) is 14.8. The lowest BCUT2D eigenvalue weighted by molar-refractivity contribution is -0.152. The molecule has 0 unspecified atom stereocenters. The van der Waals surface area contributed by atoms with Crippen molar-refractivity contribution in [2.45, 2.75) is 20.1 Å². The number of hydrogen-bond donors (Lipinski definition) is 0. The van der Waals surface area contributed by atoms with Crippen LogP contribution in [0.2, 0.25) is 0 Å². The first-order valence-electron chi connectivity index (χ1n) is 7.63. The Bertz CT molecular complexity index is 493. The second kappa shape index (κ2) is 9.66. The predicted octanol–water partition coefficient (Wildman–Crippen LogP) is 3.62. The van der Waals surface area contributed by atoms with E-state index in [-0.39, 0.29) is 6.29 Å². The van der Waals surface area contributed by atoms with Gasteiger partial charge in [0.05, 0.1) is 5.04 Å². The van der Waals surface area contributed by atoms with E-state index in [0.717, 1.165) is 28.7 Å². The number of benzene rings is 1. The Morgan fingerprint density at radius 3 is 2.45 bits per heavy atom. The highest BCUT2D eigenvalue weighted by atomic mass is 32.2. The van der Waals surface area contributed by atoms with Crippen molar-refractivity contribution in [1.29, 1.82) is 0 Å². The summed E-state index contributed by atoms with van der Waals surface area (Å²) in [4.78, 5) is 4.39. The highest BCUT2D eigenvalue weighted by Crippen LogP contribution is 2.17. The Hall–Kier alpha value is -1.30. The van der Waals surface area contributed by atoms with Gasteiger partial charge in [0.25, 0.3) is 0 Å². The number of ether oxygens (including phenoxy) is 3. The number of aliphatic imine (C=N–C) groups is 1. The van der Waals surface area contributed by atoms with E-state index in [4.69, 9.17) is 14.2 Å². The lowest BCUT2D eigenvalue weighted by Gasteiger charge is -2.17. The molecule has 0 fully saturated rings. The summed E-state index contributed by atoms with van der Waals surface area (Å²) in [5.41, 5.74) is 1.13. The third kappa shape index (κ3) is 5.83. The van der Waals surface area contributed by atoms with E-state index >= 15 is 0 Å². The van der Waals surface area contributed by atoms with Gasteiger partial charge in [-0.05, 0) is 37.6 Å². The van der Waals surface area contributed by atoms with E-state index in [1.165, 1.54) is 0 Å². The van der Waals surface area contributed by atoms with Crippen molar-refractivity contribution in [3.8, 4) is 5.75 Å². The van der Waals surface area contributed by atoms with Gasteiger partial charge in [-0.1, -0.05) is 18.2 Å². The summed E-state index contributed by atoms with van der Waals surface area (Å²) in [6.07, 6.45) is 3.82. The Morgan fingerprint density at radius 2 is 1.86 bits per heavy atom. The van der Waals surface area contributed by atoms with Crippen LogP contribution in [0.4, 0.5) is 0 Å². The molecule has 2 rings (SSSR count). The van der Waals surface area contributed by atoms with Crippen molar-refractivity contribution in [1.82, 2.24) is 0 Å². The summed E-state index contributed by atoms with van der Waals surface area (Å²) in [5.74, 6) is 1.90. The van der Waals surface area contributed by atoms with Crippen LogP contribution in [0, 0.1) is 0 Å². The molecule has 5 heteroatoms. The molecule has 0 spiro atoms. The molecule has 0 N–H and O–H groups in total. The standard InChI is InChI=1S/C17H23NO3S/c1-3-19-17(20-4-2)13-21-15-8-5-14(6-9-15)7-10-16-18-11-12-22-16/h5-10,17H,3-4,11-13H2,1-2H3. The molecule has 1 aromatic rings. The number of thioether (sulfide) groups is 1. The molecule has 1 aliphatic rings. The molecule has 0 aliphatic carbocycles. The fourth-order valence-corrected chi connectivity index (χ4v) is 2.71. The number of nitrogens with zero attached hydrogens (tertiary/aromatic N) is 1. The van der Waals surface area contributed by atoms with E-state index in [2.05, 4.69) is 17.1 Å². The molecule has 0 aromatic heterocycles. The van der Waals surface area contributed by atoms with Crippen LogP contribution < -0.4 is 4.74 Å². The predicted molar refractivity (Wildman–Crippen MR) is 92.8 cm³/mol. The van der Waals surface area contributed by atoms with Crippen LogP contribution in [0.5, 0.6) is 5.75 Å². The van der Waals surface area contributed by atoms with Crippen molar-refractivity contribution in [2.24, 2.45) is 4.99 Å². The monoisotopic (exact) mass is 321 g/mol. The van der Waals surface area contributed by atoms with Crippen molar-refractivity contribution >= 4 is 22.9 Å². The molecule has 0 saturated carbocycles. The molecule has 1 heterocycles. The van der Waals surface area contributed by atoms with Crippen molar-refractivity contribution in [2.75, 3.05) is 32.1 Å². The second-order valence-corrected chi connectivity index (χ2v) is 5.74. The number of hydrogen-bond acceptors (Lipinski definition) is 5. The molecule has 0 amide bonds. The van der Waals surface area contributed by atoms with Crippen molar-refractivity contribution < 1.29 is 14.2 Å². The van der Waals surface area contributed by atoms with Gasteiger partial charge in [0, 0.05) is 25.5 Å². The summed E-state index contributed by atoms with van der Waals surface area (Å²) < 4.78 is 16.6. The molecule has 0 saturated heterocycles. The Morgan fingerprint density at radius 1 is 1.14 bits per heavy atom. The summed E-state index contributed by atoms with van der Waals surface area (Å²) in [6, 6.07) is 7.97. The first-order valence-corrected chi connectivity index (χ1v) is 8.61. The van der Waals surface area contributed by atoms with Crippen LogP contribution in [-0.4, -0.2) is 43.5 Å². The van der Waals surface area contributed by atoms with E-state index in [0.29, 0.717) is 19.8 Å². The Balaban J connectivity index is 1.83. The molecule has 22 heavy (non-hydrogen) atoms. The molecule has 0 atom stereocenters. The molecule has 120 valence electrons. The first-order chi connectivity index (χ1) is 10.8. The first kappa shape index (κ1) is 17.1. The molecule has 4 nitrogen and oxygen atoms in total. The summed E-state index contributed by atoms with van der Waals surface area (Å²) in [6.45, 7) is 6.43. The molecular formula is C17H23NO3S. The van der Waals surface area contributed by atoms with Crippen LogP contribution in [0.25, 0.3) is 6.08 Å². The molecule has 0 radical (unpaired) electrons. The minimum Gasteiger partial charge on any atom is -0.488 e. The van der Waals surface area contributed by atoms with Gasteiger partial charge >= 0.3 is 0 Å². The van der Waals surface area contributed by atoms with Gasteiger partial charge in [-0.15, -0.1) is 11.8 Å². The average Bonchev–Trinajstić information content (AvgIpc) is 3.05. The smallest absolute Gasteiger partial charge is 0.191 e. The third-order valence-electron chi connectivity index (χ3n) is 3.00. The fourth-order valence-electron chi connectivity index (χ4n) is 1.98. The van der Waals surface area contributed by atoms with Gasteiger partial charge in [-0.3, -0.25) is 4.99 Å². The zero-order chi connectivity index (χ0) is 15.6. The minimum absolute atomic E-state index is 0.313. The maximum atomic E-state index is 5.70. The third-order valence-corrected chi connectivity index (χ3v) is 3.95. The van der Waals surface area contributed by atoms with Gasteiger partial charge in [-0.25, -0.2) is 0 Å². The van der Waals surface area contributed by atoms with Crippen LogP contribution in [0.3, 0.4) is 0 Å². The van der Waals surface area contributed by atoms with E-state index in [1.54, 1.807) is 11.8 Å². The Kier molecular flexibility index (Phi) is 7.49. The van der Waals surface area contributed by atoms with Crippen molar-refractivity contribution in [3.63, 3.8) is 0 Å².